The Hall–Kier alpha value is -2.98. The molecule has 5 nitrogen and oxygen atoms in total. The van der Waals surface area contributed by atoms with Crippen molar-refractivity contribution in [2.45, 2.75) is 20.0 Å². The van der Waals surface area contributed by atoms with Crippen LogP contribution in [0.5, 0.6) is 0 Å². The monoisotopic (exact) mass is 448 g/mol. The van der Waals surface area contributed by atoms with Crippen molar-refractivity contribution in [1.29, 1.82) is 0 Å². The molecule has 3 heterocycles. The first-order chi connectivity index (χ1) is 14.2. The minimum atomic E-state index is -4.55. The van der Waals surface area contributed by atoms with Gasteiger partial charge in [0.1, 0.15) is 0 Å². The lowest BCUT2D eigenvalue weighted by atomic mass is 10.2. The molecular weight excluding hydrogens is 433 g/mol. The van der Waals surface area contributed by atoms with Crippen LogP contribution in [0.3, 0.4) is 0 Å². The van der Waals surface area contributed by atoms with Crippen molar-refractivity contribution in [3.63, 3.8) is 0 Å². The summed E-state index contributed by atoms with van der Waals surface area (Å²) in [7, 11) is 0. The summed E-state index contributed by atoms with van der Waals surface area (Å²) in [4.78, 5) is 18.4. The van der Waals surface area contributed by atoms with Gasteiger partial charge in [0, 0.05) is 10.4 Å². The van der Waals surface area contributed by atoms with Crippen molar-refractivity contribution in [1.82, 2.24) is 14.8 Å². The third kappa shape index (κ3) is 4.01. The van der Waals surface area contributed by atoms with Crippen LogP contribution in [-0.4, -0.2) is 20.7 Å². The van der Waals surface area contributed by atoms with E-state index in [1.165, 1.54) is 27.4 Å². The number of thiazole rings is 1. The molecule has 4 rings (SSSR count). The number of nitrogens with zero attached hydrogens (tertiary/aromatic N) is 3. The zero-order valence-corrected chi connectivity index (χ0v) is 17.5. The predicted octanol–water partition coefficient (Wildman–Crippen LogP) is 5.95. The Morgan fingerprint density at radius 1 is 1.13 bits per heavy atom. The first-order valence-electron chi connectivity index (χ1n) is 8.79. The van der Waals surface area contributed by atoms with E-state index in [-0.39, 0.29) is 5.91 Å². The Labute approximate surface area is 177 Å². The summed E-state index contributed by atoms with van der Waals surface area (Å²) in [6, 6.07) is 10.8. The van der Waals surface area contributed by atoms with Crippen molar-refractivity contribution in [2.24, 2.45) is 0 Å². The third-order valence-electron chi connectivity index (χ3n) is 4.40. The third-order valence-corrected chi connectivity index (χ3v) is 6.28. The standard InChI is InChI=1S/C20H15F3N4OS2/c1-11-12(2)30-19(24-11)25-18(28)13-5-7-14(8-6-13)27-15(16-4-3-9-29-16)10-17(26-27)20(21,22)23/h3-10H,1-2H3,(H,24,25,28). The van der Waals surface area contributed by atoms with Crippen molar-refractivity contribution in [3.05, 3.63) is 69.7 Å². The summed E-state index contributed by atoms with van der Waals surface area (Å²) in [5, 5.41) is 8.78. The van der Waals surface area contributed by atoms with E-state index in [4.69, 9.17) is 0 Å². The molecule has 0 bridgehead atoms. The van der Waals surface area contributed by atoms with E-state index >= 15 is 0 Å². The van der Waals surface area contributed by atoms with Crippen LogP contribution in [0.4, 0.5) is 18.3 Å². The minimum Gasteiger partial charge on any atom is -0.298 e. The fourth-order valence-electron chi connectivity index (χ4n) is 2.77. The number of anilines is 1. The van der Waals surface area contributed by atoms with Gasteiger partial charge in [-0.25, -0.2) is 9.67 Å². The zero-order chi connectivity index (χ0) is 21.5. The van der Waals surface area contributed by atoms with Crippen LogP contribution in [0.2, 0.25) is 0 Å². The molecule has 1 aromatic carbocycles. The van der Waals surface area contributed by atoms with E-state index in [0.717, 1.165) is 16.6 Å². The molecule has 0 spiro atoms. The molecule has 1 amide bonds. The second-order valence-electron chi connectivity index (χ2n) is 6.46. The number of benzene rings is 1. The number of aromatic nitrogens is 3. The molecule has 0 aliphatic rings. The van der Waals surface area contributed by atoms with Crippen LogP contribution in [0.1, 0.15) is 26.6 Å². The number of hydrogen-bond donors (Lipinski definition) is 1. The highest BCUT2D eigenvalue weighted by Gasteiger charge is 2.35. The molecule has 30 heavy (non-hydrogen) atoms. The highest BCUT2D eigenvalue weighted by atomic mass is 32.1. The fraction of sp³-hybridized carbons (Fsp3) is 0.150. The number of nitrogens with one attached hydrogen (secondary N) is 1. The number of alkyl halides is 3. The lowest BCUT2D eigenvalue weighted by molar-refractivity contribution is -0.141. The zero-order valence-electron chi connectivity index (χ0n) is 15.8. The summed E-state index contributed by atoms with van der Waals surface area (Å²) < 4.78 is 40.9. The molecule has 0 saturated carbocycles. The second kappa shape index (κ2) is 7.69. The lowest BCUT2D eigenvalue weighted by Crippen LogP contribution is -2.12. The van der Waals surface area contributed by atoms with E-state index in [1.54, 1.807) is 41.8 Å². The Balaban J connectivity index is 1.64. The molecule has 3 aromatic heterocycles. The van der Waals surface area contributed by atoms with Crippen LogP contribution in [0.15, 0.2) is 47.8 Å². The van der Waals surface area contributed by atoms with Gasteiger partial charge in [0.15, 0.2) is 10.8 Å². The van der Waals surface area contributed by atoms with E-state index < -0.39 is 11.9 Å². The van der Waals surface area contributed by atoms with Crippen LogP contribution in [0, 0.1) is 13.8 Å². The fourth-order valence-corrected chi connectivity index (χ4v) is 4.30. The van der Waals surface area contributed by atoms with Gasteiger partial charge in [0.2, 0.25) is 0 Å². The molecule has 10 heteroatoms. The molecule has 154 valence electrons. The van der Waals surface area contributed by atoms with Crippen molar-refractivity contribution >= 4 is 33.7 Å². The molecule has 1 N–H and O–H groups in total. The number of carbonyl (C=O) groups excluding carboxylic acids is 1. The van der Waals surface area contributed by atoms with Gasteiger partial charge in [-0.3, -0.25) is 10.1 Å². The largest absolute Gasteiger partial charge is 0.435 e. The van der Waals surface area contributed by atoms with Crippen LogP contribution < -0.4 is 5.32 Å². The Morgan fingerprint density at radius 2 is 1.87 bits per heavy atom. The number of carbonyl (C=O) groups is 1. The maximum absolute atomic E-state index is 13.2. The first-order valence-corrected chi connectivity index (χ1v) is 10.5. The Morgan fingerprint density at radius 3 is 2.43 bits per heavy atom. The average molecular weight is 448 g/mol. The number of rotatable bonds is 4. The SMILES string of the molecule is Cc1nc(NC(=O)c2ccc(-n3nc(C(F)(F)F)cc3-c3cccs3)cc2)sc1C. The van der Waals surface area contributed by atoms with E-state index in [0.29, 0.717) is 27.0 Å². The molecule has 0 aliphatic heterocycles. The van der Waals surface area contributed by atoms with Crippen LogP contribution in [-0.2, 0) is 6.18 Å². The lowest BCUT2D eigenvalue weighted by Gasteiger charge is -2.08. The van der Waals surface area contributed by atoms with E-state index in [9.17, 15) is 18.0 Å². The maximum atomic E-state index is 13.2. The maximum Gasteiger partial charge on any atom is 0.435 e. The van der Waals surface area contributed by atoms with Gasteiger partial charge in [0.05, 0.1) is 22.0 Å². The molecule has 0 atom stereocenters. The van der Waals surface area contributed by atoms with Gasteiger partial charge in [0.25, 0.3) is 5.91 Å². The molecule has 0 unspecified atom stereocenters. The smallest absolute Gasteiger partial charge is 0.298 e. The summed E-state index contributed by atoms with van der Waals surface area (Å²) >= 11 is 2.70. The Bertz CT molecular complexity index is 1170. The van der Waals surface area contributed by atoms with Gasteiger partial charge >= 0.3 is 6.18 Å². The van der Waals surface area contributed by atoms with Crippen LogP contribution in [0.25, 0.3) is 16.3 Å². The highest BCUT2D eigenvalue weighted by Crippen LogP contribution is 2.34. The molecule has 0 radical (unpaired) electrons. The molecular formula is C20H15F3N4OS2. The number of amides is 1. The molecule has 0 saturated heterocycles. The highest BCUT2D eigenvalue weighted by molar-refractivity contribution is 7.15. The number of hydrogen-bond acceptors (Lipinski definition) is 5. The molecule has 0 fully saturated rings. The quantitative estimate of drug-likeness (QED) is 0.420. The van der Waals surface area contributed by atoms with Gasteiger partial charge in [-0.15, -0.1) is 22.7 Å². The van der Waals surface area contributed by atoms with Gasteiger partial charge in [-0.05, 0) is 55.6 Å². The predicted molar refractivity (Wildman–Crippen MR) is 111 cm³/mol. The van der Waals surface area contributed by atoms with Gasteiger partial charge in [-0.1, -0.05) is 6.07 Å². The first kappa shape index (κ1) is 20.3. The number of thiophene rings is 1. The van der Waals surface area contributed by atoms with Crippen LogP contribution >= 0.6 is 22.7 Å². The average Bonchev–Trinajstić information content (AvgIpc) is 3.42. The molecule has 4 aromatic rings. The van der Waals surface area contributed by atoms with Crippen molar-refractivity contribution in [2.75, 3.05) is 5.32 Å². The van der Waals surface area contributed by atoms with E-state index in [2.05, 4.69) is 15.4 Å². The summed E-state index contributed by atoms with van der Waals surface area (Å²) in [6.07, 6.45) is -4.55. The Kier molecular flexibility index (Phi) is 5.20. The van der Waals surface area contributed by atoms with E-state index in [1.807, 2.05) is 13.8 Å². The van der Waals surface area contributed by atoms with Crippen molar-refractivity contribution < 1.29 is 18.0 Å². The van der Waals surface area contributed by atoms with Gasteiger partial charge in [-0.2, -0.15) is 18.3 Å². The molecule has 0 aliphatic carbocycles. The number of aryl methyl sites for hydroxylation is 2. The normalized spacial score (nSPS) is 11.6. The minimum absolute atomic E-state index is 0.336. The summed E-state index contributed by atoms with van der Waals surface area (Å²) in [5.41, 5.74) is 1.01. The number of halogens is 3. The summed E-state index contributed by atoms with van der Waals surface area (Å²) in [6.45, 7) is 3.78. The summed E-state index contributed by atoms with van der Waals surface area (Å²) in [5.74, 6) is -0.342. The van der Waals surface area contributed by atoms with Crippen molar-refractivity contribution in [3.8, 4) is 16.3 Å². The second-order valence-corrected chi connectivity index (χ2v) is 8.61. The topological polar surface area (TPSA) is 59.8 Å². The van der Waals surface area contributed by atoms with Gasteiger partial charge < -0.3 is 0 Å².